The van der Waals surface area contributed by atoms with Gasteiger partial charge in [0.25, 0.3) is 0 Å². The predicted octanol–water partition coefficient (Wildman–Crippen LogP) is 0.412. The Morgan fingerprint density at radius 3 is 2.83 bits per heavy atom. The van der Waals surface area contributed by atoms with E-state index < -0.39 is 0 Å². The first kappa shape index (κ1) is 7.49. The van der Waals surface area contributed by atoms with Gasteiger partial charge in [0.15, 0.2) is 0 Å². The number of rotatable bonds is 2. The lowest BCUT2D eigenvalue weighted by Crippen LogP contribution is -2.42. The van der Waals surface area contributed by atoms with Crippen molar-refractivity contribution in [2.45, 2.75) is 25.0 Å². The van der Waals surface area contributed by atoms with Crippen LogP contribution in [0.15, 0.2) is 18.6 Å². The summed E-state index contributed by atoms with van der Waals surface area (Å²) >= 11 is 0. The van der Waals surface area contributed by atoms with Gasteiger partial charge in [-0.05, 0) is 12.8 Å². The normalized spacial score (nSPS) is 27.8. The Labute approximate surface area is 70.7 Å². The van der Waals surface area contributed by atoms with Gasteiger partial charge in [0, 0.05) is 12.4 Å². The summed E-state index contributed by atoms with van der Waals surface area (Å²) in [5.41, 5.74) is 0. The highest BCUT2D eigenvalue weighted by Crippen LogP contribution is 2.22. The number of aliphatic hydroxyl groups is 1. The first-order valence-corrected chi connectivity index (χ1v) is 4.07. The molecule has 1 fully saturated rings. The van der Waals surface area contributed by atoms with Crippen LogP contribution in [0.25, 0.3) is 0 Å². The summed E-state index contributed by atoms with van der Waals surface area (Å²) in [4.78, 5) is 7.96. The molecule has 4 nitrogen and oxygen atoms in total. The maximum atomic E-state index is 9.26. The Kier molecular flexibility index (Phi) is 1.91. The SMILES string of the molecule is O[C@@H]1CC[C@H]1Nc1cnccn1. The fourth-order valence-corrected chi connectivity index (χ4v) is 1.21. The van der Waals surface area contributed by atoms with Crippen molar-refractivity contribution < 1.29 is 5.11 Å². The summed E-state index contributed by atoms with van der Waals surface area (Å²) < 4.78 is 0. The van der Waals surface area contributed by atoms with E-state index >= 15 is 0 Å². The van der Waals surface area contributed by atoms with Crippen molar-refractivity contribution in [2.24, 2.45) is 0 Å². The number of hydrogen-bond acceptors (Lipinski definition) is 4. The van der Waals surface area contributed by atoms with Gasteiger partial charge >= 0.3 is 0 Å². The van der Waals surface area contributed by atoms with Gasteiger partial charge in [-0.1, -0.05) is 0 Å². The van der Waals surface area contributed by atoms with Crippen LogP contribution >= 0.6 is 0 Å². The summed E-state index contributed by atoms with van der Waals surface area (Å²) in [5.74, 6) is 0.737. The van der Waals surface area contributed by atoms with Gasteiger partial charge in [0.05, 0.1) is 18.3 Å². The van der Waals surface area contributed by atoms with Gasteiger partial charge in [0.2, 0.25) is 0 Å². The zero-order chi connectivity index (χ0) is 8.39. The molecule has 0 amide bonds. The summed E-state index contributed by atoms with van der Waals surface area (Å²) in [7, 11) is 0. The number of aromatic nitrogens is 2. The Balaban J connectivity index is 1.95. The van der Waals surface area contributed by atoms with Crippen molar-refractivity contribution in [1.29, 1.82) is 0 Å². The summed E-state index contributed by atoms with van der Waals surface area (Å²) in [6.45, 7) is 0. The van der Waals surface area contributed by atoms with Crippen LogP contribution in [-0.4, -0.2) is 27.2 Å². The average molecular weight is 165 g/mol. The lowest BCUT2D eigenvalue weighted by Gasteiger charge is -2.33. The zero-order valence-electron chi connectivity index (χ0n) is 6.64. The standard InChI is InChI=1S/C8H11N3O/c12-7-2-1-6(7)11-8-5-9-3-4-10-8/h3-7,12H,1-2H2,(H,10,11)/t6-,7-/m1/s1. The zero-order valence-corrected chi connectivity index (χ0v) is 6.64. The minimum Gasteiger partial charge on any atom is -0.391 e. The van der Waals surface area contributed by atoms with E-state index in [-0.39, 0.29) is 12.1 Å². The third kappa shape index (κ3) is 1.38. The van der Waals surface area contributed by atoms with E-state index in [1.165, 1.54) is 0 Å². The molecular formula is C8H11N3O. The molecule has 1 aliphatic carbocycles. The van der Waals surface area contributed by atoms with Crippen molar-refractivity contribution in [3.05, 3.63) is 18.6 Å². The summed E-state index contributed by atoms with van der Waals surface area (Å²) in [6.07, 6.45) is 6.60. The first-order chi connectivity index (χ1) is 5.86. The second-order valence-electron chi connectivity index (χ2n) is 2.99. The highest BCUT2D eigenvalue weighted by Gasteiger charge is 2.28. The molecule has 0 spiro atoms. The van der Waals surface area contributed by atoms with Crippen molar-refractivity contribution in [1.82, 2.24) is 9.97 Å². The van der Waals surface area contributed by atoms with E-state index in [1.807, 2.05) is 0 Å². The number of nitrogens with one attached hydrogen (secondary N) is 1. The molecule has 0 unspecified atom stereocenters. The maximum absolute atomic E-state index is 9.26. The van der Waals surface area contributed by atoms with Gasteiger partial charge < -0.3 is 10.4 Å². The molecule has 1 saturated carbocycles. The van der Waals surface area contributed by atoms with Crippen LogP contribution in [0.4, 0.5) is 5.82 Å². The van der Waals surface area contributed by atoms with Crippen LogP contribution in [0.5, 0.6) is 0 Å². The highest BCUT2D eigenvalue weighted by molar-refractivity contribution is 5.32. The molecule has 0 bridgehead atoms. The maximum Gasteiger partial charge on any atom is 0.144 e. The van der Waals surface area contributed by atoms with Gasteiger partial charge in [-0.2, -0.15) is 0 Å². The Morgan fingerprint density at radius 2 is 2.33 bits per heavy atom. The van der Waals surface area contributed by atoms with Gasteiger partial charge in [-0.25, -0.2) is 4.98 Å². The van der Waals surface area contributed by atoms with Gasteiger partial charge in [-0.15, -0.1) is 0 Å². The monoisotopic (exact) mass is 165 g/mol. The molecule has 0 saturated heterocycles. The van der Waals surface area contributed by atoms with Gasteiger partial charge in [0.1, 0.15) is 5.82 Å². The predicted molar refractivity (Wildman–Crippen MR) is 44.7 cm³/mol. The van der Waals surface area contributed by atoms with Crippen LogP contribution in [-0.2, 0) is 0 Å². The number of nitrogens with zero attached hydrogens (tertiary/aromatic N) is 2. The molecule has 2 rings (SSSR count). The number of anilines is 1. The van der Waals surface area contributed by atoms with Crippen molar-refractivity contribution in [2.75, 3.05) is 5.32 Å². The van der Waals surface area contributed by atoms with Gasteiger partial charge in [-0.3, -0.25) is 4.98 Å². The largest absolute Gasteiger partial charge is 0.391 e. The Bertz CT molecular complexity index is 252. The van der Waals surface area contributed by atoms with Crippen molar-refractivity contribution in [3.8, 4) is 0 Å². The van der Waals surface area contributed by atoms with Crippen LogP contribution in [0.3, 0.4) is 0 Å². The average Bonchev–Trinajstić information content (AvgIpc) is 2.14. The Hall–Kier alpha value is -1.16. The second kappa shape index (κ2) is 3.06. The van der Waals surface area contributed by atoms with Crippen molar-refractivity contribution >= 4 is 5.82 Å². The van der Waals surface area contributed by atoms with Crippen LogP contribution in [0, 0.1) is 0 Å². The van der Waals surface area contributed by atoms with Crippen LogP contribution < -0.4 is 5.32 Å². The fraction of sp³-hybridized carbons (Fsp3) is 0.500. The molecule has 0 aliphatic heterocycles. The van der Waals surface area contributed by atoms with Crippen LogP contribution in [0.1, 0.15) is 12.8 Å². The molecule has 0 radical (unpaired) electrons. The lowest BCUT2D eigenvalue weighted by molar-refractivity contribution is 0.0784. The summed E-state index contributed by atoms with van der Waals surface area (Å²) in [6, 6.07) is 0.168. The van der Waals surface area contributed by atoms with Crippen molar-refractivity contribution in [3.63, 3.8) is 0 Å². The Morgan fingerprint density at radius 1 is 1.42 bits per heavy atom. The van der Waals surface area contributed by atoms with E-state index in [0.29, 0.717) is 0 Å². The molecule has 64 valence electrons. The van der Waals surface area contributed by atoms with E-state index in [9.17, 15) is 5.11 Å². The molecule has 2 N–H and O–H groups in total. The molecule has 1 aliphatic rings. The molecule has 1 aromatic heterocycles. The molecule has 1 aromatic rings. The van der Waals surface area contributed by atoms with E-state index in [0.717, 1.165) is 18.7 Å². The molecule has 12 heavy (non-hydrogen) atoms. The molecule has 2 atom stereocenters. The fourth-order valence-electron chi connectivity index (χ4n) is 1.21. The first-order valence-electron chi connectivity index (χ1n) is 4.07. The second-order valence-corrected chi connectivity index (χ2v) is 2.99. The third-order valence-corrected chi connectivity index (χ3v) is 2.13. The third-order valence-electron chi connectivity index (χ3n) is 2.13. The van der Waals surface area contributed by atoms with E-state index in [2.05, 4.69) is 15.3 Å². The minimum absolute atomic E-state index is 0.168. The molecule has 4 heteroatoms. The summed E-state index contributed by atoms with van der Waals surface area (Å²) in [5, 5.41) is 12.4. The highest BCUT2D eigenvalue weighted by atomic mass is 16.3. The molecule has 1 heterocycles. The number of hydrogen-bond donors (Lipinski definition) is 2. The molecular weight excluding hydrogens is 154 g/mol. The molecule has 0 aromatic carbocycles. The smallest absolute Gasteiger partial charge is 0.144 e. The minimum atomic E-state index is -0.216. The van der Waals surface area contributed by atoms with E-state index in [1.54, 1.807) is 18.6 Å². The quantitative estimate of drug-likeness (QED) is 0.666. The van der Waals surface area contributed by atoms with E-state index in [4.69, 9.17) is 0 Å². The van der Waals surface area contributed by atoms with Crippen LogP contribution in [0.2, 0.25) is 0 Å². The lowest BCUT2D eigenvalue weighted by atomic mass is 9.89. The number of aliphatic hydroxyl groups excluding tert-OH is 1. The topological polar surface area (TPSA) is 58.0 Å².